The van der Waals surface area contributed by atoms with E-state index in [0.29, 0.717) is 19.1 Å². The molecule has 0 aromatic heterocycles. The smallest absolute Gasteiger partial charge is 0.361 e. The van der Waals surface area contributed by atoms with Crippen LogP contribution in [0.4, 0.5) is 0 Å². The highest BCUT2D eigenvalue weighted by atomic mass is 16.7. The highest BCUT2D eigenvalue weighted by Gasteiger charge is 2.33. The lowest BCUT2D eigenvalue weighted by molar-refractivity contribution is -0.212. The van der Waals surface area contributed by atoms with Crippen molar-refractivity contribution in [3.05, 3.63) is 0 Å². The fraction of sp³-hybridized carbons (Fsp3) is 0.889. The Balaban J connectivity index is 1.44. The van der Waals surface area contributed by atoms with Crippen LogP contribution in [-0.2, 0) is 19.2 Å². The molecule has 3 fully saturated rings. The van der Waals surface area contributed by atoms with E-state index in [-0.39, 0.29) is 11.9 Å². The summed E-state index contributed by atoms with van der Waals surface area (Å²) in [6, 6.07) is 0.627. The van der Waals surface area contributed by atoms with Crippen LogP contribution >= 0.6 is 0 Å². The molecule has 3 aliphatic heterocycles. The number of carbonyl (C=O) groups is 2. The van der Waals surface area contributed by atoms with E-state index in [2.05, 4.69) is 15.5 Å². The van der Waals surface area contributed by atoms with Gasteiger partial charge in [-0.05, 0) is 58.8 Å². The minimum atomic E-state index is -1.11. The molecule has 1 unspecified atom stereocenters. The Morgan fingerprint density at radius 3 is 2.08 bits per heavy atom. The van der Waals surface area contributed by atoms with Gasteiger partial charge in [0, 0.05) is 32.2 Å². The summed E-state index contributed by atoms with van der Waals surface area (Å²) in [7, 11) is 0. The molecule has 0 aromatic rings. The van der Waals surface area contributed by atoms with Gasteiger partial charge in [0.05, 0.1) is 6.10 Å². The molecule has 0 aliphatic carbocycles. The van der Waals surface area contributed by atoms with Crippen molar-refractivity contribution in [2.45, 2.75) is 50.9 Å². The highest BCUT2D eigenvalue weighted by Crippen LogP contribution is 2.16. The normalized spacial score (nSPS) is 25.7. The minimum Gasteiger partial charge on any atom is -0.365 e. The fourth-order valence-corrected chi connectivity index (χ4v) is 3.95. The van der Waals surface area contributed by atoms with Crippen LogP contribution in [0.3, 0.4) is 0 Å². The van der Waals surface area contributed by atoms with E-state index in [1.807, 2.05) is 0 Å². The van der Waals surface area contributed by atoms with Crippen molar-refractivity contribution in [3.63, 3.8) is 0 Å². The zero-order valence-electron chi connectivity index (χ0n) is 15.7. The van der Waals surface area contributed by atoms with Crippen LogP contribution in [0, 0.1) is 0 Å². The van der Waals surface area contributed by atoms with Crippen molar-refractivity contribution in [1.29, 1.82) is 0 Å². The van der Waals surface area contributed by atoms with Crippen LogP contribution in [0.15, 0.2) is 0 Å². The van der Waals surface area contributed by atoms with E-state index < -0.39 is 12.1 Å². The predicted octanol–water partition coefficient (Wildman–Crippen LogP) is -0.460. The van der Waals surface area contributed by atoms with Crippen LogP contribution in [0.5, 0.6) is 0 Å². The van der Waals surface area contributed by atoms with Crippen molar-refractivity contribution in [3.8, 4) is 0 Å². The monoisotopic (exact) mass is 368 g/mol. The first-order valence-corrected chi connectivity index (χ1v) is 9.91. The van der Waals surface area contributed by atoms with Gasteiger partial charge in [0.1, 0.15) is 0 Å². The Hall–Kier alpha value is -1.06. The van der Waals surface area contributed by atoms with E-state index >= 15 is 0 Å². The lowest BCUT2D eigenvalue weighted by Gasteiger charge is -2.40. The summed E-state index contributed by atoms with van der Waals surface area (Å²) in [4.78, 5) is 32.3. The maximum atomic E-state index is 12.5. The molecule has 0 spiro atoms. The number of nitrogens with zero attached hydrogens (tertiary/aromatic N) is 2. The van der Waals surface area contributed by atoms with Crippen LogP contribution in [0.2, 0.25) is 0 Å². The van der Waals surface area contributed by atoms with Gasteiger partial charge in [-0.15, -0.1) is 5.06 Å². The molecule has 0 radical (unpaired) electrons. The summed E-state index contributed by atoms with van der Waals surface area (Å²) < 4.78 is 5.76. The van der Waals surface area contributed by atoms with Crippen LogP contribution in [0.25, 0.3) is 0 Å². The third-order valence-electron chi connectivity index (χ3n) is 5.52. The topological polar surface area (TPSA) is 83.1 Å². The fourth-order valence-electron chi connectivity index (χ4n) is 3.95. The number of carbonyl (C=O) groups excluding carboxylic acids is 2. The molecule has 3 saturated heterocycles. The highest BCUT2D eigenvalue weighted by molar-refractivity contribution is 6.00. The van der Waals surface area contributed by atoms with Crippen molar-refractivity contribution < 1.29 is 19.2 Å². The second-order valence-corrected chi connectivity index (χ2v) is 7.43. The van der Waals surface area contributed by atoms with Crippen molar-refractivity contribution >= 4 is 11.8 Å². The van der Waals surface area contributed by atoms with Crippen LogP contribution in [0.1, 0.15) is 32.6 Å². The molecule has 0 aromatic carbocycles. The molecule has 2 N–H and O–H groups in total. The molecule has 0 bridgehead atoms. The minimum absolute atomic E-state index is 0.0607. The molecule has 3 aliphatic rings. The molecule has 26 heavy (non-hydrogen) atoms. The van der Waals surface area contributed by atoms with E-state index in [1.54, 1.807) is 5.06 Å². The van der Waals surface area contributed by atoms with Gasteiger partial charge < -0.3 is 20.2 Å². The number of piperazine rings is 1. The molecule has 1 atom stereocenters. The average molecular weight is 368 g/mol. The molecule has 8 nitrogen and oxygen atoms in total. The Morgan fingerprint density at radius 2 is 1.50 bits per heavy atom. The van der Waals surface area contributed by atoms with Crippen molar-refractivity contribution in [1.82, 2.24) is 20.6 Å². The second-order valence-electron chi connectivity index (χ2n) is 7.43. The van der Waals surface area contributed by atoms with Gasteiger partial charge in [-0.3, -0.25) is 9.69 Å². The summed E-state index contributed by atoms with van der Waals surface area (Å²) >= 11 is 0. The van der Waals surface area contributed by atoms with E-state index in [1.165, 1.54) is 19.8 Å². The molecular weight excluding hydrogens is 336 g/mol. The van der Waals surface area contributed by atoms with Gasteiger partial charge in [0.2, 0.25) is 6.10 Å². The maximum Gasteiger partial charge on any atom is 0.361 e. The Morgan fingerprint density at radius 1 is 0.923 bits per heavy atom. The van der Waals surface area contributed by atoms with Gasteiger partial charge in [-0.2, -0.15) is 0 Å². The molecule has 3 rings (SSSR count). The molecule has 8 heteroatoms. The van der Waals surface area contributed by atoms with Crippen molar-refractivity contribution in [2.75, 3.05) is 52.4 Å². The number of rotatable bonds is 6. The zero-order chi connectivity index (χ0) is 18.4. The quantitative estimate of drug-likeness (QED) is 0.610. The molecule has 0 amide bonds. The number of Topliss-reactive ketones (excluding diaryl/α,β-unsaturated/α-hetero) is 1. The van der Waals surface area contributed by atoms with E-state index in [0.717, 1.165) is 52.1 Å². The summed E-state index contributed by atoms with van der Waals surface area (Å²) in [6.07, 6.45) is 2.81. The number of nitrogens with one attached hydrogen (secondary N) is 2. The standard InChI is InChI=1S/C18H32N4O4/c1-14(23)17(25-16-4-8-20-9-5-16)18(24)26-22-12-10-21(11-13-22)15-2-6-19-7-3-15/h15-17,19-20H,2-13H2,1H3. The van der Waals surface area contributed by atoms with Gasteiger partial charge in [0.25, 0.3) is 0 Å². The summed E-state index contributed by atoms with van der Waals surface area (Å²) in [5.41, 5.74) is 0. The predicted molar refractivity (Wildman–Crippen MR) is 96.6 cm³/mol. The van der Waals surface area contributed by atoms with Gasteiger partial charge in [-0.1, -0.05) is 0 Å². The lowest BCUT2D eigenvalue weighted by atomic mass is 10.0. The number of hydrogen-bond donors (Lipinski definition) is 2. The van der Waals surface area contributed by atoms with Crippen molar-refractivity contribution in [2.24, 2.45) is 0 Å². The zero-order valence-corrected chi connectivity index (χ0v) is 15.7. The number of ether oxygens (including phenoxy) is 1. The van der Waals surface area contributed by atoms with Gasteiger partial charge in [-0.25, -0.2) is 4.79 Å². The number of hydrogen-bond acceptors (Lipinski definition) is 8. The first-order valence-electron chi connectivity index (χ1n) is 9.91. The first-order chi connectivity index (χ1) is 12.6. The van der Waals surface area contributed by atoms with Gasteiger partial charge in [0.15, 0.2) is 5.78 Å². The molecular formula is C18H32N4O4. The van der Waals surface area contributed by atoms with E-state index in [9.17, 15) is 9.59 Å². The Labute approximate surface area is 155 Å². The maximum absolute atomic E-state index is 12.5. The Kier molecular flexibility index (Phi) is 7.39. The van der Waals surface area contributed by atoms with Gasteiger partial charge >= 0.3 is 5.97 Å². The van der Waals surface area contributed by atoms with E-state index in [4.69, 9.17) is 9.57 Å². The summed E-state index contributed by atoms with van der Waals surface area (Å²) in [5, 5.41) is 8.32. The molecule has 0 saturated carbocycles. The summed E-state index contributed by atoms with van der Waals surface area (Å²) in [6.45, 7) is 8.37. The SMILES string of the molecule is CC(=O)C(OC1CCNCC1)C(=O)ON1CCN(C2CCNCC2)CC1. The van der Waals surface area contributed by atoms with Crippen LogP contribution < -0.4 is 10.6 Å². The molecule has 3 heterocycles. The van der Waals surface area contributed by atoms with Crippen LogP contribution in [-0.4, -0.2) is 92.3 Å². The average Bonchev–Trinajstić information content (AvgIpc) is 2.68. The first kappa shape index (κ1) is 19.7. The largest absolute Gasteiger partial charge is 0.365 e. The Bertz CT molecular complexity index is 470. The number of ketones is 1. The number of hydroxylamine groups is 2. The lowest BCUT2D eigenvalue weighted by Crippen LogP contribution is -2.53. The molecule has 148 valence electrons. The second kappa shape index (κ2) is 9.75. The summed E-state index contributed by atoms with van der Waals surface area (Å²) in [5.74, 6) is -0.867. The third kappa shape index (κ3) is 5.47. The number of piperidine rings is 2. The third-order valence-corrected chi connectivity index (χ3v) is 5.52.